The van der Waals surface area contributed by atoms with Crippen LogP contribution in [0.15, 0.2) is 60.8 Å². The Morgan fingerprint density at radius 1 is 1.07 bits per heavy atom. The lowest BCUT2D eigenvalue weighted by Gasteiger charge is -2.15. The Morgan fingerprint density at radius 2 is 1.97 bits per heavy atom. The van der Waals surface area contributed by atoms with Crippen molar-refractivity contribution < 1.29 is 0 Å². The van der Waals surface area contributed by atoms with Gasteiger partial charge < -0.3 is 10.6 Å². The van der Waals surface area contributed by atoms with Crippen LogP contribution in [0, 0.1) is 6.92 Å². The summed E-state index contributed by atoms with van der Waals surface area (Å²) in [5.74, 6) is 0. The monoisotopic (exact) mass is 383 g/mol. The average Bonchev–Trinajstić information content (AvgIpc) is 3.42. The summed E-state index contributed by atoms with van der Waals surface area (Å²) in [5, 5.41) is 15.7. The molecule has 4 aromatic rings. The van der Waals surface area contributed by atoms with Gasteiger partial charge in [0.2, 0.25) is 0 Å². The lowest BCUT2D eigenvalue weighted by Crippen LogP contribution is -2.29. The Bertz CT molecular complexity index is 1130. The zero-order chi connectivity index (χ0) is 19.6. The van der Waals surface area contributed by atoms with Crippen molar-refractivity contribution in [2.45, 2.75) is 25.8 Å². The van der Waals surface area contributed by atoms with Crippen LogP contribution >= 0.6 is 0 Å². The summed E-state index contributed by atoms with van der Waals surface area (Å²) in [4.78, 5) is 4.85. The van der Waals surface area contributed by atoms with Crippen LogP contribution in [-0.4, -0.2) is 34.3 Å². The minimum Gasteiger partial charge on any atom is -0.382 e. The molecule has 1 saturated heterocycles. The Morgan fingerprint density at radius 3 is 2.79 bits per heavy atom. The van der Waals surface area contributed by atoms with Crippen LogP contribution in [0.1, 0.15) is 18.5 Å². The summed E-state index contributed by atoms with van der Waals surface area (Å²) in [6, 6.07) is 19.6. The van der Waals surface area contributed by atoms with Gasteiger partial charge in [-0.3, -0.25) is 10.1 Å². The topological polar surface area (TPSA) is 65.6 Å². The maximum Gasteiger partial charge on any atom is 0.0924 e. The van der Waals surface area contributed by atoms with Gasteiger partial charge in [0.1, 0.15) is 0 Å². The number of pyridine rings is 1. The van der Waals surface area contributed by atoms with E-state index in [4.69, 9.17) is 4.98 Å². The average molecular weight is 383 g/mol. The van der Waals surface area contributed by atoms with Gasteiger partial charge in [0, 0.05) is 34.8 Å². The second-order valence-electron chi connectivity index (χ2n) is 7.74. The molecule has 0 spiro atoms. The fourth-order valence-electron chi connectivity index (χ4n) is 4.09. The third-order valence-electron chi connectivity index (χ3n) is 5.71. The fourth-order valence-corrected chi connectivity index (χ4v) is 4.09. The van der Waals surface area contributed by atoms with Crippen molar-refractivity contribution in [3.05, 3.63) is 66.5 Å². The molecule has 5 nitrogen and oxygen atoms in total. The molecule has 0 radical (unpaired) electrons. The van der Waals surface area contributed by atoms with Gasteiger partial charge in [0.15, 0.2) is 0 Å². The van der Waals surface area contributed by atoms with Crippen LogP contribution in [0.5, 0.6) is 0 Å². The number of anilines is 1. The minimum atomic E-state index is 0.539. The first-order chi connectivity index (χ1) is 14.3. The van der Waals surface area contributed by atoms with Crippen molar-refractivity contribution in [3.63, 3.8) is 0 Å². The number of benzene rings is 2. The number of nitrogens with one attached hydrogen (secondary N) is 3. The third-order valence-corrected chi connectivity index (χ3v) is 5.71. The van der Waals surface area contributed by atoms with Crippen LogP contribution in [0.4, 0.5) is 5.69 Å². The normalized spacial score (nSPS) is 16.4. The number of hydrogen-bond donors (Lipinski definition) is 3. The van der Waals surface area contributed by atoms with Gasteiger partial charge >= 0.3 is 0 Å². The van der Waals surface area contributed by atoms with E-state index in [1.807, 2.05) is 12.3 Å². The predicted octanol–water partition coefficient (Wildman–Crippen LogP) is 4.76. The van der Waals surface area contributed by atoms with Gasteiger partial charge in [0.05, 0.1) is 23.1 Å². The molecule has 146 valence electrons. The second kappa shape index (κ2) is 7.68. The van der Waals surface area contributed by atoms with Gasteiger partial charge in [-0.15, -0.1) is 0 Å². The molecule has 5 heteroatoms. The van der Waals surface area contributed by atoms with Crippen molar-refractivity contribution in [1.29, 1.82) is 0 Å². The summed E-state index contributed by atoms with van der Waals surface area (Å²) in [5.41, 5.74) is 7.52. The first-order valence-corrected chi connectivity index (χ1v) is 10.3. The van der Waals surface area contributed by atoms with Gasteiger partial charge in [-0.1, -0.05) is 36.4 Å². The quantitative estimate of drug-likeness (QED) is 0.465. The minimum absolute atomic E-state index is 0.539. The van der Waals surface area contributed by atoms with Gasteiger partial charge in [-0.2, -0.15) is 5.10 Å². The van der Waals surface area contributed by atoms with Crippen molar-refractivity contribution in [2.75, 3.05) is 18.4 Å². The molecular formula is C24H25N5. The number of rotatable bonds is 5. The van der Waals surface area contributed by atoms with Crippen molar-refractivity contribution in [2.24, 2.45) is 0 Å². The lowest BCUT2D eigenvalue weighted by atomic mass is 9.97. The van der Waals surface area contributed by atoms with Crippen molar-refractivity contribution in [1.82, 2.24) is 20.5 Å². The Balaban J connectivity index is 1.56. The van der Waals surface area contributed by atoms with Crippen molar-refractivity contribution >= 4 is 16.6 Å². The largest absolute Gasteiger partial charge is 0.382 e. The predicted molar refractivity (Wildman–Crippen MR) is 119 cm³/mol. The second-order valence-corrected chi connectivity index (χ2v) is 7.74. The number of H-pyrrole nitrogens is 1. The van der Waals surface area contributed by atoms with Crippen LogP contribution in [0.25, 0.3) is 33.3 Å². The molecule has 1 atom stereocenters. The summed E-state index contributed by atoms with van der Waals surface area (Å²) < 4.78 is 0. The van der Waals surface area contributed by atoms with E-state index in [1.54, 1.807) is 0 Å². The van der Waals surface area contributed by atoms with Crippen LogP contribution in [0.2, 0.25) is 0 Å². The van der Waals surface area contributed by atoms with E-state index in [1.165, 1.54) is 12.8 Å². The number of aromatic nitrogens is 3. The molecular weight excluding hydrogens is 358 g/mol. The van der Waals surface area contributed by atoms with Gasteiger partial charge in [-0.25, -0.2) is 0 Å². The van der Waals surface area contributed by atoms with Crippen LogP contribution in [0.3, 0.4) is 0 Å². The van der Waals surface area contributed by atoms with Gasteiger partial charge in [-0.05, 0) is 50.1 Å². The van der Waals surface area contributed by atoms with Crippen LogP contribution < -0.4 is 10.6 Å². The molecule has 1 aliphatic rings. The maximum absolute atomic E-state index is 4.85. The standard InChI is InChI=1S/C24H25N5/c1-16-21-12-18(9-10-23(21)29-28-16)22-13-20(26-14-19-8-5-11-25-19)15-27-24(22)17-6-3-2-4-7-17/h2-4,6-7,9-10,12-13,15,19,25-26H,5,8,11,14H2,1H3,(H,28,29)/t19-/m0/s1. The third kappa shape index (κ3) is 3.61. The highest BCUT2D eigenvalue weighted by Gasteiger charge is 2.15. The SMILES string of the molecule is Cc1[nH]nc2ccc(-c3cc(NC[C@@H]4CCCN4)cnc3-c3ccccc3)cc12. The van der Waals surface area contributed by atoms with Gasteiger partial charge in [0.25, 0.3) is 0 Å². The summed E-state index contributed by atoms with van der Waals surface area (Å²) in [7, 11) is 0. The lowest BCUT2D eigenvalue weighted by molar-refractivity contribution is 0.633. The Kier molecular flexibility index (Phi) is 4.74. The van der Waals surface area contributed by atoms with Crippen molar-refractivity contribution in [3.8, 4) is 22.4 Å². The molecule has 0 unspecified atom stereocenters. The molecule has 0 saturated carbocycles. The highest BCUT2D eigenvalue weighted by atomic mass is 15.1. The smallest absolute Gasteiger partial charge is 0.0924 e. The zero-order valence-electron chi connectivity index (χ0n) is 16.6. The van der Waals surface area contributed by atoms with E-state index in [0.717, 1.165) is 57.8 Å². The molecule has 0 aliphatic carbocycles. The number of fused-ring (bicyclic) bond motifs is 1. The number of aromatic amines is 1. The summed E-state index contributed by atoms with van der Waals surface area (Å²) in [6.45, 7) is 4.10. The maximum atomic E-state index is 4.85. The fraction of sp³-hybridized carbons (Fsp3) is 0.250. The summed E-state index contributed by atoms with van der Waals surface area (Å²) in [6.07, 6.45) is 4.43. The number of hydrogen-bond acceptors (Lipinski definition) is 4. The molecule has 1 aliphatic heterocycles. The molecule has 3 N–H and O–H groups in total. The molecule has 5 rings (SSSR count). The molecule has 0 bridgehead atoms. The Hall–Kier alpha value is -3.18. The summed E-state index contributed by atoms with van der Waals surface area (Å²) >= 11 is 0. The number of aryl methyl sites for hydroxylation is 1. The Labute approximate surface area is 170 Å². The van der Waals surface area contributed by atoms with E-state index in [-0.39, 0.29) is 0 Å². The highest BCUT2D eigenvalue weighted by molar-refractivity contribution is 5.90. The number of nitrogens with zero attached hydrogens (tertiary/aromatic N) is 2. The molecule has 0 amide bonds. The first-order valence-electron chi connectivity index (χ1n) is 10.3. The van der Waals surface area contributed by atoms with E-state index in [0.29, 0.717) is 6.04 Å². The van der Waals surface area contributed by atoms with E-state index in [9.17, 15) is 0 Å². The van der Waals surface area contributed by atoms with E-state index in [2.05, 4.69) is 76.3 Å². The molecule has 29 heavy (non-hydrogen) atoms. The van der Waals surface area contributed by atoms with Crippen LogP contribution in [-0.2, 0) is 0 Å². The molecule has 3 heterocycles. The molecule has 2 aromatic carbocycles. The molecule has 2 aromatic heterocycles. The zero-order valence-corrected chi connectivity index (χ0v) is 16.6. The van der Waals surface area contributed by atoms with E-state index < -0.39 is 0 Å². The van der Waals surface area contributed by atoms with E-state index >= 15 is 0 Å². The first kappa shape index (κ1) is 17.9. The molecule has 1 fully saturated rings. The highest BCUT2D eigenvalue weighted by Crippen LogP contribution is 2.34.